The number of rotatable bonds is 4. The van der Waals surface area contributed by atoms with Gasteiger partial charge in [0.1, 0.15) is 0 Å². The summed E-state index contributed by atoms with van der Waals surface area (Å²) in [4.78, 5) is 0. The van der Waals surface area contributed by atoms with Crippen molar-refractivity contribution in [3.63, 3.8) is 0 Å². The lowest BCUT2D eigenvalue weighted by Gasteiger charge is -2.30. The Hall–Kier alpha value is -1.00. The van der Waals surface area contributed by atoms with E-state index >= 15 is 0 Å². The van der Waals surface area contributed by atoms with Gasteiger partial charge in [0, 0.05) is 19.2 Å². The van der Waals surface area contributed by atoms with Crippen LogP contribution < -0.4 is 5.32 Å². The topological polar surface area (TPSA) is 21.3 Å². The zero-order valence-corrected chi connectivity index (χ0v) is 11.5. The molecule has 2 rings (SSSR count). The van der Waals surface area contributed by atoms with Crippen LogP contribution in [0.4, 0.5) is 8.78 Å². The van der Waals surface area contributed by atoms with Crippen molar-refractivity contribution in [2.24, 2.45) is 0 Å². The van der Waals surface area contributed by atoms with Gasteiger partial charge < -0.3 is 10.1 Å². The van der Waals surface area contributed by atoms with Crippen molar-refractivity contribution >= 4 is 0 Å². The van der Waals surface area contributed by atoms with Crippen molar-refractivity contribution in [2.45, 2.75) is 50.8 Å². The molecule has 2 nitrogen and oxygen atoms in total. The molecule has 0 amide bonds. The fraction of sp³-hybridized carbons (Fsp3) is 0.600. The minimum atomic E-state index is -0.795. The average molecular weight is 269 g/mol. The summed E-state index contributed by atoms with van der Waals surface area (Å²) in [6.45, 7) is 1.98. The third kappa shape index (κ3) is 3.74. The number of halogens is 2. The molecule has 0 radical (unpaired) electrons. The standard InChI is InChI=1S/C15H21F2NO/c1-10(11-3-8-14(16)15(17)9-11)18-12-4-6-13(19-2)7-5-12/h3,8-10,12-13,18H,4-7H2,1-2H3. The number of ether oxygens (including phenoxy) is 1. The van der Waals surface area contributed by atoms with Crippen LogP contribution in [0.1, 0.15) is 44.2 Å². The quantitative estimate of drug-likeness (QED) is 0.902. The van der Waals surface area contributed by atoms with Gasteiger partial charge in [0.05, 0.1) is 6.10 Å². The van der Waals surface area contributed by atoms with Gasteiger partial charge in [-0.2, -0.15) is 0 Å². The molecule has 1 aromatic rings. The predicted molar refractivity (Wildman–Crippen MR) is 71.0 cm³/mol. The summed E-state index contributed by atoms with van der Waals surface area (Å²) in [6.07, 6.45) is 4.60. The highest BCUT2D eigenvalue weighted by molar-refractivity contribution is 5.20. The van der Waals surface area contributed by atoms with E-state index in [4.69, 9.17) is 4.74 Å². The smallest absolute Gasteiger partial charge is 0.159 e. The molecule has 19 heavy (non-hydrogen) atoms. The maximum Gasteiger partial charge on any atom is 0.159 e. The minimum absolute atomic E-state index is 0.0270. The van der Waals surface area contributed by atoms with Crippen molar-refractivity contribution in [3.05, 3.63) is 35.4 Å². The van der Waals surface area contributed by atoms with Crippen LogP contribution in [0.3, 0.4) is 0 Å². The highest BCUT2D eigenvalue weighted by Gasteiger charge is 2.22. The molecule has 1 aliphatic carbocycles. The first-order valence-electron chi connectivity index (χ1n) is 6.84. The summed E-state index contributed by atoms with van der Waals surface area (Å²) in [5.74, 6) is -1.58. The molecule has 0 bridgehead atoms. The first-order valence-corrected chi connectivity index (χ1v) is 6.84. The molecule has 0 saturated heterocycles. The normalized spacial score (nSPS) is 25.3. The monoisotopic (exact) mass is 269 g/mol. The van der Waals surface area contributed by atoms with Crippen molar-refractivity contribution < 1.29 is 13.5 Å². The maximum atomic E-state index is 13.2. The van der Waals surface area contributed by atoms with Crippen LogP contribution >= 0.6 is 0 Å². The third-order valence-electron chi connectivity index (χ3n) is 3.94. The maximum absolute atomic E-state index is 13.2. The van der Waals surface area contributed by atoms with Gasteiger partial charge in [-0.3, -0.25) is 0 Å². The molecule has 1 atom stereocenters. The van der Waals surface area contributed by atoms with E-state index < -0.39 is 11.6 Å². The minimum Gasteiger partial charge on any atom is -0.381 e. The van der Waals surface area contributed by atoms with Crippen LogP contribution in [-0.2, 0) is 4.74 Å². The van der Waals surface area contributed by atoms with Crippen molar-refractivity contribution in [2.75, 3.05) is 7.11 Å². The van der Waals surface area contributed by atoms with Crippen LogP contribution in [0.25, 0.3) is 0 Å². The molecule has 1 fully saturated rings. The molecule has 0 spiro atoms. The molecule has 1 aromatic carbocycles. The Balaban J connectivity index is 1.90. The van der Waals surface area contributed by atoms with E-state index in [-0.39, 0.29) is 6.04 Å². The predicted octanol–water partition coefficient (Wildman–Crippen LogP) is 3.57. The van der Waals surface area contributed by atoms with E-state index in [2.05, 4.69) is 5.32 Å². The second-order valence-corrected chi connectivity index (χ2v) is 5.27. The van der Waals surface area contributed by atoms with E-state index in [1.807, 2.05) is 6.92 Å². The second kappa shape index (κ2) is 6.44. The second-order valence-electron chi connectivity index (χ2n) is 5.27. The van der Waals surface area contributed by atoms with Gasteiger partial charge in [0.15, 0.2) is 11.6 Å². The zero-order valence-electron chi connectivity index (χ0n) is 11.5. The Kier molecular flexibility index (Phi) is 4.88. The average Bonchev–Trinajstić information content (AvgIpc) is 2.42. The van der Waals surface area contributed by atoms with Gasteiger partial charge in [-0.05, 0) is 50.3 Å². The Morgan fingerprint density at radius 2 is 1.84 bits per heavy atom. The van der Waals surface area contributed by atoms with Gasteiger partial charge in [-0.25, -0.2) is 8.78 Å². The molecule has 0 aliphatic heterocycles. The van der Waals surface area contributed by atoms with E-state index in [1.54, 1.807) is 13.2 Å². The number of hydrogen-bond acceptors (Lipinski definition) is 2. The van der Waals surface area contributed by atoms with Crippen LogP contribution in [0.15, 0.2) is 18.2 Å². The van der Waals surface area contributed by atoms with Gasteiger partial charge in [0.25, 0.3) is 0 Å². The lowest BCUT2D eigenvalue weighted by Crippen LogP contribution is -2.36. The molecule has 106 valence electrons. The Morgan fingerprint density at radius 1 is 1.16 bits per heavy atom. The Labute approximate surface area is 113 Å². The molecule has 4 heteroatoms. The van der Waals surface area contributed by atoms with Crippen LogP contribution in [0.5, 0.6) is 0 Å². The summed E-state index contributed by atoms with van der Waals surface area (Å²) in [6, 6.07) is 4.55. The van der Waals surface area contributed by atoms with E-state index in [0.29, 0.717) is 12.1 Å². The first-order chi connectivity index (χ1) is 9.10. The fourth-order valence-electron chi connectivity index (χ4n) is 2.70. The van der Waals surface area contributed by atoms with Crippen molar-refractivity contribution in [1.29, 1.82) is 0 Å². The number of nitrogens with one attached hydrogen (secondary N) is 1. The van der Waals surface area contributed by atoms with E-state index in [9.17, 15) is 8.78 Å². The summed E-state index contributed by atoms with van der Waals surface area (Å²) in [5, 5.41) is 3.48. The molecular formula is C15H21F2NO. The van der Waals surface area contributed by atoms with Gasteiger partial charge >= 0.3 is 0 Å². The molecule has 0 aromatic heterocycles. The van der Waals surface area contributed by atoms with Crippen molar-refractivity contribution in [1.82, 2.24) is 5.32 Å². The van der Waals surface area contributed by atoms with Crippen molar-refractivity contribution in [3.8, 4) is 0 Å². The summed E-state index contributed by atoms with van der Waals surface area (Å²) >= 11 is 0. The summed E-state index contributed by atoms with van der Waals surface area (Å²) in [5.41, 5.74) is 0.785. The number of hydrogen-bond donors (Lipinski definition) is 1. The Morgan fingerprint density at radius 3 is 2.42 bits per heavy atom. The largest absolute Gasteiger partial charge is 0.381 e. The van der Waals surface area contributed by atoms with Crippen LogP contribution in [-0.4, -0.2) is 19.3 Å². The van der Waals surface area contributed by atoms with Gasteiger partial charge in [-0.15, -0.1) is 0 Å². The number of benzene rings is 1. The van der Waals surface area contributed by atoms with Crippen LogP contribution in [0.2, 0.25) is 0 Å². The molecule has 0 heterocycles. The highest BCUT2D eigenvalue weighted by Crippen LogP contribution is 2.24. The molecular weight excluding hydrogens is 248 g/mol. The summed E-state index contributed by atoms with van der Waals surface area (Å²) < 4.78 is 31.4. The van der Waals surface area contributed by atoms with Crippen LogP contribution in [0, 0.1) is 11.6 Å². The molecule has 1 aliphatic rings. The fourth-order valence-corrected chi connectivity index (χ4v) is 2.70. The van der Waals surface area contributed by atoms with E-state index in [1.165, 1.54) is 12.1 Å². The molecule has 1 N–H and O–H groups in total. The number of methoxy groups -OCH3 is 1. The lowest BCUT2D eigenvalue weighted by atomic mass is 9.92. The van der Waals surface area contributed by atoms with Gasteiger partial charge in [-0.1, -0.05) is 6.07 Å². The van der Waals surface area contributed by atoms with E-state index in [0.717, 1.165) is 31.2 Å². The SMILES string of the molecule is COC1CCC(NC(C)c2ccc(F)c(F)c2)CC1. The van der Waals surface area contributed by atoms with Gasteiger partial charge in [0.2, 0.25) is 0 Å². The third-order valence-corrected chi connectivity index (χ3v) is 3.94. The first kappa shape index (κ1) is 14.4. The molecule has 1 saturated carbocycles. The Bertz CT molecular complexity index is 417. The summed E-state index contributed by atoms with van der Waals surface area (Å²) in [7, 11) is 1.75. The lowest BCUT2D eigenvalue weighted by molar-refractivity contribution is 0.0614. The zero-order chi connectivity index (χ0) is 13.8. The highest BCUT2D eigenvalue weighted by atomic mass is 19.2. The molecule has 1 unspecified atom stereocenters.